The molecule has 0 radical (unpaired) electrons. The minimum absolute atomic E-state index is 0.295. The molecular weight excluding hydrogens is 402 g/mol. The molecule has 1 fully saturated rings. The molecule has 1 aliphatic heterocycles. The second-order valence-corrected chi connectivity index (χ2v) is 9.57. The number of carbonyl (C=O) groups excluding carboxylic acids is 1. The Labute approximate surface area is 178 Å². The minimum atomic E-state index is -3.57. The maximum atomic E-state index is 13.0. The molecule has 2 aromatic carbocycles. The van der Waals surface area contributed by atoms with Crippen LogP contribution < -0.4 is 9.47 Å². The summed E-state index contributed by atoms with van der Waals surface area (Å²) in [4.78, 5) is 13.0. The van der Waals surface area contributed by atoms with Crippen molar-refractivity contribution < 1.29 is 22.7 Å². The van der Waals surface area contributed by atoms with Crippen molar-refractivity contribution in [1.29, 1.82) is 0 Å². The smallest absolute Gasteiger partial charge is 0.314 e. The molecule has 0 atom stereocenters. The summed E-state index contributed by atoms with van der Waals surface area (Å²) >= 11 is 0. The highest BCUT2D eigenvalue weighted by Crippen LogP contribution is 2.30. The minimum Gasteiger partial charge on any atom is -0.490 e. The Morgan fingerprint density at radius 3 is 2.37 bits per heavy atom. The third-order valence-corrected chi connectivity index (χ3v) is 7.32. The molecule has 7 heteroatoms. The number of sulfonamides is 1. The van der Waals surface area contributed by atoms with Gasteiger partial charge in [-0.1, -0.05) is 36.8 Å². The summed E-state index contributed by atoms with van der Waals surface area (Å²) in [6, 6.07) is 12.4. The Hall–Kier alpha value is -2.38. The van der Waals surface area contributed by atoms with E-state index in [1.54, 1.807) is 24.3 Å². The molecular formula is C23H29NO5S. The van der Waals surface area contributed by atoms with Crippen LogP contribution in [0.5, 0.6) is 11.5 Å². The second kappa shape index (κ2) is 9.62. The SMILES string of the molecule is CCCOc1ccccc1OC(=O)C1CCN(S(=O)(=O)c2ccc(C)cc2C)CC1. The van der Waals surface area contributed by atoms with E-state index in [2.05, 4.69) is 0 Å². The number of para-hydroxylation sites is 2. The van der Waals surface area contributed by atoms with E-state index < -0.39 is 10.0 Å². The average Bonchev–Trinajstić information content (AvgIpc) is 2.73. The fourth-order valence-corrected chi connectivity index (χ4v) is 5.29. The molecule has 0 aliphatic carbocycles. The van der Waals surface area contributed by atoms with E-state index in [0.29, 0.717) is 48.9 Å². The maximum absolute atomic E-state index is 13.0. The van der Waals surface area contributed by atoms with Crippen LogP contribution in [0.2, 0.25) is 0 Å². The van der Waals surface area contributed by atoms with Crippen molar-refractivity contribution in [2.24, 2.45) is 5.92 Å². The Bertz CT molecular complexity index is 994. The molecule has 0 spiro atoms. The van der Waals surface area contributed by atoms with Crippen LogP contribution in [-0.4, -0.2) is 38.4 Å². The van der Waals surface area contributed by atoms with Crippen LogP contribution >= 0.6 is 0 Å². The van der Waals surface area contributed by atoms with Crippen LogP contribution in [0.4, 0.5) is 0 Å². The van der Waals surface area contributed by atoms with Crippen molar-refractivity contribution in [3.63, 3.8) is 0 Å². The number of esters is 1. The molecule has 1 saturated heterocycles. The molecule has 0 aromatic heterocycles. The van der Waals surface area contributed by atoms with E-state index in [4.69, 9.17) is 9.47 Å². The number of nitrogens with zero attached hydrogens (tertiary/aromatic N) is 1. The molecule has 6 nitrogen and oxygen atoms in total. The van der Waals surface area contributed by atoms with E-state index in [1.807, 2.05) is 39.0 Å². The molecule has 0 saturated carbocycles. The Kier molecular flexibility index (Phi) is 7.15. The van der Waals surface area contributed by atoms with E-state index in [0.717, 1.165) is 17.5 Å². The van der Waals surface area contributed by atoms with Gasteiger partial charge in [0.05, 0.1) is 17.4 Å². The zero-order valence-electron chi connectivity index (χ0n) is 17.8. The lowest BCUT2D eigenvalue weighted by molar-refractivity contribution is -0.140. The van der Waals surface area contributed by atoms with Gasteiger partial charge in [-0.25, -0.2) is 8.42 Å². The monoisotopic (exact) mass is 431 g/mol. The van der Waals surface area contributed by atoms with Crippen LogP contribution in [0.15, 0.2) is 47.4 Å². The Morgan fingerprint density at radius 2 is 1.73 bits per heavy atom. The van der Waals surface area contributed by atoms with Gasteiger partial charge in [0.15, 0.2) is 11.5 Å². The molecule has 30 heavy (non-hydrogen) atoms. The fraction of sp³-hybridized carbons (Fsp3) is 0.435. The molecule has 3 rings (SSSR count). The van der Waals surface area contributed by atoms with E-state index in [9.17, 15) is 13.2 Å². The molecule has 1 heterocycles. The van der Waals surface area contributed by atoms with Crippen LogP contribution in [0.1, 0.15) is 37.3 Å². The topological polar surface area (TPSA) is 72.9 Å². The quantitative estimate of drug-likeness (QED) is 0.487. The second-order valence-electron chi connectivity index (χ2n) is 7.66. The van der Waals surface area contributed by atoms with Crippen molar-refractivity contribution in [3.8, 4) is 11.5 Å². The van der Waals surface area contributed by atoms with Gasteiger partial charge in [-0.05, 0) is 56.9 Å². The Morgan fingerprint density at radius 1 is 1.07 bits per heavy atom. The lowest BCUT2D eigenvalue weighted by Gasteiger charge is -2.30. The van der Waals surface area contributed by atoms with Gasteiger partial charge < -0.3 is 9.47 Å². The standard InChI is InChI=1S/C23H29NO5S/c1-4-15-28-20-7-5-6-8-21(20)29-23(25)19-11-13-24(14-12-19)30(26,27)22-10-9-17(2)16-18(22)3/h5-10,16,19H,4,11-15H2,1-3H3. The third kappa shape index (κ3) is 5.02. The summed E-state index contributed by atoms with van der Waals surface area (Å²) in [6.07, 6.45) is 1.72. The number of hydrogen-bond donors (Lipinski definition) is 0. The highest BCUT2D eigenvalue weighted by atomic mass is 32.2. The molecule has 1 aliphatic rings. The van der Waals surface area contributed by atoms with Crippen molar-refractivity contribution in [1.82, 2.24) is 4.31 Å². The van der Waals surface area contributed by atoms with Gasteiger partial charge in [0.25, 0.3) is 0 Å². The van der Waals surface area contributed by atoms with Crippen molar-refractivity contribution in [2.45, 2.75) is 44.9 Å². The number of piperidine rings is 1. The summed E-state index contributed by atoms with van der Waals surface area (Å²) in [7, 11) is -3.57. The Balaban J connectivity index is 1.63. The fourth-order valence-electron chi connectivity index (χ4n) is 3.62. The van der Waals surface area contributed by atoms with Crippen molar-refractivity contribution >= 4 is 16.0 Å². The van der Waals surface area contributed by atoms with E-state index >= 15 is 0 Å². The molecule has 0 bridgehead atoms. The molecule has 0 amide bonds. The first-order chi connectivity index (χ1) is 14.3. The van der Waals surface area contributed by atoms with Crippen molar-refractivity contribution in [2.75, 3.05) is 19.7 Å². The highest BCUT2D eigenvalue weighted by Gasteiger charge is 2.33. The first-order valence-corrected chi connectivity index (χ1v) is 11.8. The van der Waals surface area contributed by atoms with Crippen molar-refractivity contribution in [3.05, 3.63) is 53.6 Å². The molecule has 0 N–H and O–H groups in total. The number of benzene rings is 2. The number of aryl methyl sites for hydroxylation is 2. The summed E-state index contributed by atoms with van der Waals surface area (Å²) < 4.78 is 38.7. The number of carbonyl (C=O) groups is 1. The average molecular weight is 432 g/mol. The largest absolute Gasteiger partial charge is 0.490 e. The first kappa shape index (κ1) is 22.3. The first-order valence-electron chi connectivity index (χ1n) is 10.3. The van der Waals surface area contributed by atoms with Crippen LogP contribution in [0.25, 0.3) is 0 Å². The molecule has 0 unspecified atom stereocenters. The zero-order valence-corrected chi connectivity index (χ0v) is 18.6. The van der Waals surface area contributed by atoms with Gasteiger partial charge in [-0.15, -0.1) is 0 Å². The van der Waals surface area contributed by atoms with Crippen LogP contribution in [0.3, 0.4) is 0 Å². The third-order valence-electron chi connectivity index (χ3n) is 5.26. The molecule has 162 valence electrons. The van der Waals surface area contributed by atoms with E-state index in [-0.39, 0.29) is 11.9 Å². The van der Waals surface area contributed by atoms with E-state index in [1.165, 1.54) is 4.31 Å². The summed E-state index contributed by atoms with van der Waals surface area (Å²) in [5.41, 5.74) is 1.76. The van der Waals surface area contributed by atoms with Crippen LogP contribution in [-0.2, 0) is 14.8 Å². The predicted octanol–water partition coefficient (Wildman–Crippen LogP) is 4.10. The molecule has 2 aromatic rings. The predicted molar refractivity (Wildman–Crippen MR) is 115 cm³/mol. The number of rotatable bonds is 7. The zero-order chi connectivity index (χ0) is 21.7. The number of hydrogen-bond acceptors (Lipinski definition) is 5. The van der Waals surface area contributed by atoms with Gasteiger partial charge in [-0.3, -0.25) is 4.79 Å². The van der Waals surface area contributed by atoms with Gasteiger partial charge in [0.2, 0.25) is 10.0 Å². The lowest BCUT2D eigenvalue weighted by Crippen LogP contribution is -2.41. The van der Waals surface area contributed by atoms with Gasteiger partial charge in [0, 0.05) is 13.1 Å². The van der Waals surface area contributed by atoms with Gasteiger partial charge >= 0.3 is 5.97 Å². The summed E-state index contributed by atoms with van der Waals surface area (Å²) in [5, 5.41) is 0. The number of ether oxygens (including phenoxy) is 2. The normalized spacial score (nSPS) is 15.7. The van der Waals surface area contributed by atoms with Gasteiger partial charge in [-0.2, -0.15) is 4.31 Å². The summed E-state index contributed by atoms with van der Waals surface area (Å²) in [5.74, 6) is 0.268. The summed E-state index contributed by atoms with van der Waals surface area (Å²) in [6.45, 7) is 6.89. The maximum Gasteiger partial charge on any atom is 0.314 e. The van der Waals surface area contributed by atoms with Crippen LogP contribution in [0, 0.1) is 19.8 Å². The van der Waals surface area contributed by atoms with Gasteiger partial charge in [0.1, 0.15) is 0 Å². The lowest BCUT2D eigenvalue weighted by atomic mass is 9.98. The highest BCUT2D eigenvalue weighted by molar-refractivity contribution is 7.89.